The quantitative estimate of drug-likeness (QED) is 0.862. The Hall–Kier alpha value is -1.49. The van der Waals surface area contributed by atoms with Gasteiger partial charge in [-0.25, -0.2) is 0 Å². The Morgan fingerprint density at radius 1 is 1.21 bits per heavy atom. The van der Waals surface area contributed by atoms with Crippen LogP contribution in [0.1, 0.15) is 36.8 Å². The zero-order valence-electron chi connectivity index (χ0n) is 14.3. The van der Waals surface area contributed by atoms with Crippen LogP contribution in [0.4, 0.5) is 0 Å². The van der Waals surface area contributed by atoms with Crippen molar-refractivity contribution in [2.45, 2.75) is 44.4 Å². The first-order valence-corrected chi connectivity index (χ1v) is 9.99. The number of carbonyl (C=O) groups excluding carboxylic acids is 2. The van der Waals surface area contributed by atoms with Crippen molar-refractivity contribution in [3.8, 4) is 0 Å². The van der Waals surface area contributed by atoms with Crippen LogP contribution in [-0.4, -0.2) is 41.6 Å². The first-order valence-electron chi connectivity index (χ1n) is 8.83. The minimum Gasteiger partial charge on any atom is -0.353 e. The van der Waals surface area contributed by atoms with Gasteiger partial charge in [0.2, 0.25) is 11.8 Å². The van der Waals surface area contributed by atoms with Gasteiger partial charge >= 0.3 is 0 Å². The largest absolute Gasteiger partial charge is 0.353 e. The van der Waals surface area contributed by atoms with Gasteiger partial charge in [0, 0.05) is 30.8 Å². The van der Waals surface area contributed by atoms with Crippen LogP contribution in [0.5, 0.6) is 0 Å². The average Bonchev–Trinajstić information content (AvgIpc) is 3.40. The summed E-state index contributed by atoms with van der Waals surface area (Å²) >= 11 is 1.65. The van der Waals surface area contributed by atoms with Gasteiger partial charge in [-0.1, -0.05) is 29.8 Å². The van der Waals surface area contributed by atoms with Crippen LogP contribution < -0.4 is 5.32 Å². The van der Waals surface area contributed by atoms with E-state index in [1.807, 2.05) is 4.90 Å². The van der Waals surface area contributed by atoms with Crippen molar-refractivity contribution in [2.24, 2.45) is 5.92 Å². The summed E-state index contributed by atoms with van der Waals surface area (Å²) in [6, 6.07) is 8.63. The van der Waals surface area contributed by atoms with Crippen molar-refractivity contribution in [2.75, 3.05) is 18.8 Å². The van der Waals surface area contributed by atoms with Gasteiger partial charge in [-0.3, -0.25) is 9.59 Å². The highest BCUT2D eigenvalue weighted by atomic mass is 32.2. The van der Waals surface area contributed by atoms with E-state index in [0.29, 0.717) is 17.6 Å². The number of carbonyl (C=O) groups is 2. The maximum Gasteiger partial charge on any atom is 0.230 e. The number of aryl methyl sites for hydroxylation is 1. The first-order chi connectivity index (χ1) is 11.6. The Morgan fingerprint density at radius 2 is 1.96 bits per heavy atom. The molecular formula is C19H26N2O2S. The second-order valence-electron chi connectivity index (χ2n) is 6.92. The second kappa shape index (κ2) is 8.06. The zero-order valence-corrected chi connectivity index (χ0v) is 15.1. The number of piperidine rings is 1. The van der Waals surface area contributed by atoms with Gasteiger partial charge in [0.1, 0.15) is 0 Å². The number of hydrogen-bond donors (Lipinski definition) is 1. The highest BCUT2D eigenvalue weighted by Gasteiger charge is 2.35. The zero-order chi connectivity index (χ0) is 16.9. The molecule has 0 spiro atoms. The monoisotopic (exact) mass is 346 g/mol. The molecule has 2 amide bonds. The summed E-state index contributed by atoms with van der Waals surface area (Å²) in [6.07, 6.45) is 3.89. The number of amides is 2. The Balaban J connectivity index is 1.33. The fraction of sp³-hybridized carbons (Fsp3) is 0.579. The van der Waals surface area contributed by atoms with Crippen molar-refractivity contribution in [1.82, 2.24) is 10.2 Å². The molecular weight excluding hydrogens is 320 g/mol. The topological polar surface area (TPSA) is 49.4 Å². The molecule has 0 atom stereocenters. The van der Waals surface area contributed by atoms with Gasteiger partial charge in [0.25, 0.3) is 0 Å². The van der Waals surface area contributed by atoms with Crippen LogP contribution in [0.2, 0.25) is 0 Å². The van der Waals surface area contributed by atoms with E-state index >= 15 is 0 Å². The molecule has 1 aromatic carbocycles. The van der Waals surface area contributed by atoms with Gasteiger partial charge < -0.3 is 10.2 Å². The molecule has 0 unspecified atom stereocenters. The van der Waals surface area contributed by atoms with E-state index in [9.17, 15) is 9.59 Å². The summed E-state index contributed by atoms with van der Waals surface area (Å²) in [6.45, 7) is 3.66. The summed E-state index contributed by atoms with van der Waals surface area (Å²) in [5, 5.41) is 3.12. The number of nitrogens with one attached hydrogen (secondary N) is 1. The predicted octanol–water partition coefficient (Wildman–Crippen LogP) is 2.75. The second-order valence-corrected chi connectivity index (χ2v) is 7.91. The molecule has 1 saturated heterocycles. The number of nitrogens with zero attached hydrogens (tertiary/aromatic N) is 1. The van der Waals surface area contributed by atoms with Crippen LogP contribution >= 0.6 is 11.8 Å². The molecule has 2 fully saturated rings. The molecule has 0 bridgehead atoms. The van der Waals surface area contributed by atoms with E-state index in [1.165, 1.54) is 11.1 Å². The molecule has 0 radical (unpaired) electrons. The van der Waals surface area contributed by atoms with Crippen LogP contribution in [0.25, 0.3) is 0 Å². The lowest BCUT2D eigenvalue weighted by molar-refractivity contribution is -0.133. The maximum absolute atomic E-state index is 12.1. The standard InChI is InChI=1S/C19H26N2O2S/c1-14-3-2-4-15(11-14)12-24-13-18(22)20-17-7-9-21(10-8-17)19(23)16-5-6-16/h2-4,11,16-17H,5-10,12-13H2,1H3,(H,20,22). The Labute approximate surface area is 148 Å². The van der Waals surface area contributed by atoms with Crippen LogP contribution in [0.3, 0.4) is 0 Å². The van der Waals surface area contributed by atoms with E-state index in [2.05, 4.69) is 36.5 Å². The third-order valence-electron chi connectivity index (χ3n) is 4.68. The lowest BCUT2D eigenvalue weighted by atomic mass is 10.0. The fourth-order valence-electron chi connectivity index (χ4n) is 3.17. The normalized spacial score (nSPS) is 18.5. The molecule has 1 aromatic rings. The molecule has 1 saturated carbocycles. The number of likely N-dealkylation sites (tertiary alicyclic amines) is 1. The molecule has 130 valence electrons. The molecule has 1 N–H and O–H groups in total. The van der Waals surface area contributed by atoms with E-state index in [-0.39, 0.29) is 11.9 Å². The first kappa shape index (κ1) is 17.3. The van der Waals surface area contributed by atoms with Crippen LogP contribution in [0, 0.1) is 12.8 Å². The van der Waals surface area contributed by atoms with E-state index in [1.54, 1.807) is 11.8 Å². The summed E-state index contributed by atoms with van der Waals surface area (Å²) in [5.41, 5.74) is 2.52. The smallest absolute Gasteiger partial charge is 0.230 e. The lowest BCUT2D eigenvalue weighted by Gasteiger charge is -2.32. The SMILES string of the molecule is Cc1cccc(CSCC(=O)NC2CCN(C(=O)C3CC3)CC2)c1. The summed E-state index contributed by atoms with van der Waals surface area (Å²) in [5.74, 6) is 2.10. The fourth-order valence-corrected chi connectivity index (χ4v) is 3.95. The third-order valence-corrected chi connectivity index (χ3v) is 5.69. The summed E-state index contributed by atoms with van der Waals surface area (Å²) in [7, 11) is 0. The van der Waals surface area contributed by atoms with E-state index in [4.69, 9.17) is 0 Å². The summed E-state index contributed by atoms with van der Waals surface area (Å²) < 4.78 is 0. The number of hydrogen-bond acceptors (Lipinski definition) is 3. The molecule has 1 aliphatic heterocycles. The van der Waals surface area contributed by atoms with Crippen molar-refractivity contribution < 1.29 is 9.59 Å². The Bertz CT molecular complexity index is 593. The highest BCUT2D eigenvalue weighted by molar-refractivity contribution is 7.99. The molecule has 5 heteroatoms. The molecule has 3 rings (SSSR count). The number of thioether (sulfide) groups is 1. The number of rotatable bonds is 6. The molecule has 4 nitrogen and oxygen atoms in total. The van der Waals surface area contributed by atoms with Gasteiger partial charge in [-0.2, -0.15) is 0 Å². The minimum absolute atomic E-state index is 0.111. The van der Waals surface area contributed by atoms with Gasteiger partial charge in [-0.15, -0.1) is 11.8 Å². The minimum atomic E-state index is 0.111. The summed E-state index contributed by atoms with van der Waals surface area (Å²) in [4.78, 5) is 26.1. The van der Waals surface area contributed by atoms with Crippen LogP contribution in [0.15, 0.2) is 24.3 Å². The molecule has 1 heterocycles. The van der Waals surface area contributed by atoms with Crippen LogP contribution in [-0.2, 0) is 15.3 Å². The van der Waals surface area contributed by atoms with E-state index in [0.717, 1.165) is 44.5 Å². The van der Waals surface area contributed by atoms with Crippen molar-refractivity contribution in [3.63, 3.8) is 0 Å². The van der Waals surface area contributed by atoms with Crippen molar-refractivity contribution >= 4 is 23.6 Å². The van der Waals surface area contributed by atoms with E-state index < -0.39 is 0 Å². The van der Waals surface area contributed by atoms with Gasteiger partial charge in [-0.05, 0) is 38.2 Å². The maximum atomic E-state index is 12.1. The van der Waals surface area contributed by atoms with Gasteiger partial charge in [0.05, 0.1) is 5.75 Å². The third kappa shape index (κ3) is 5.00. The predicted molar refractivity (Wildman–Crippen MR) is 97.8 cm³/mol. The average molecular weight is 346 g/mol. The van der Waals surface area contributed by atoms with Crippen molar-refractivity contribution in [1.29, 1.82) is 0 Å². The number of benzene rings is 1. The Morgan fingerprint density at radius 3 is 2.62 bits per heavy atom. The highest BCUT2D eigenvalue weighted by Crippen LogP contribution is 2.31. The van der Waals surface area contributed by atoms with Crippen molar-refractivity contribution in [3.05, 3.63) is 35.4 Å². The van der Waals surface area contributed by atoms with Gasteiger partial charge in [0.15, 0.2) is 0 Å². The molecule has 0 aromatic heterocycles. The molecule has 24 heavy (non-hydrogen) atoms. The lowest BCUT2D eigenvalue weighted by Crippen LogP contribution is -2.47. The molecule has 1 aliphatic carbocycles. The Kier molecular flexibility index (Phi) is 5.82. The molecule has 2 aliphatic rings.